The Hall–Kier alpha value is -1.98. The highest BCUT2D eigenvalue weighted by Gasteiger charge is 2.35. The van der Waals surface area contributed by atoms with Crippen LogP contribution in [0.1, 0.15) is 15.9 Å². The van der Waals surface area contributed by atoms with Gasteiger partial charge in [-0.25, -0.2) is 16.8 Å². The Bertz CT molecular complexity index is 969. The number of benzene rings is 1. The number of hydrogen-bond donors (Lipinski definition) is 2. The maximum atomic E-state index is 12.9. The predicted molar refractivity (Wildman–Crippen MR) is 97.7 cm³/mol. The molecule has 0 aliphatic carbocycles. The predicted octanol–water partition coefficient (Wildman–Crippen LogP) is -0.275. The highest BCUT2D eigenvalue weighted by Crippen LogP contribution is 2.32. The van der Waals surface area contributed by atoms with Crippen molar-refractivity contribution in [2.24, 2.45) is 11.0 Å². The maximum absolute atomic E-state index is 12.9. The summed E-state index contributed by atoms with van der Waals surface area (Å²) in [5.41, 5.74) is 0.137. The molecule has 26 heavy (non-hydrogen) atoms. The molecule has 1 aromatic carbocycles. The molecule has 0 spiro atoms. The molecule has 2 rings (SSSR count). The highest BCUT2D eigenvalue weighted by molar-refractivity contribution is 7.91. The quantitative estimate of drug-likeness (QED) is 0.620. The molecule has 9 nitrogen and oxygen atoms in total. The Labute approximate surface area is 152 Å². The number of hydrogen-bond acceptors (Lipinski definition) is 9. The van der Waals surface area contributed by atoms with E-state index in [-0.39, 0.29) is 21.7 Å². The van der Waals surface area contributed by atoms with Gasteiger partial charge in [-0.2, -0.15) is 5.10 Å². The fourth-order valence-corrected chi connectivity index (χ4v) is 4.53. The molecular formula is C15H21N3O6S2. The lowest BCUT2D eigenvalue weighted by Crippen LogP contribution is -2.34. The first-order valence-electron chi connectivity index (χ1n) is 7.57. The number of rotatable bonds is 6. The minimum atomic E-state index is -3.66. The summed E-state index contributed by atoms with van der Waals surface area (Å²) in [7, 11) is -4.28. The summed E-state index contributed by atoms with van der Waals surface area (Å²) < 4.78 is 47.8. The monoisotopic (exact) mass is 403 g/mol. The molecule has 0 saturated heterocycles. The van der Waals surface area contributed by atoms with Crippen LogP contribution in [0.2, 0.25) is 0 Å². The highest BCUT2D eigenvalue weighted by atomic mass is 32.2. The molecule has 0 radical (unpaired) electrons. The Kier molecular flexibility index (Phi) is 5.45. The smallest absolute Gasteiger partial charge is 0.177 e. The van der Waals surface area contributed by atoms with Crippen molar-refractivity contribution in [3.63, 3.8) is 0 Å². The van der Waals surface area contributed by atoms with E-state index < -0.39 is 43.4 Å². The summed E-state index contributed by atoms with van der Waals surface area (Å²) in [6, 6.07) is 2.53. The third-order valence-corrected chi connectivity index (χ3v) is 5.96. The molecule has 11 heteroatoms. The lowest BCUT2D eigenvalue weighted by atomic mass is 9.93. The van der Waals surface area contributed by atoms with Crippen LogP contribution in [-0.4, -0.2) is 71.8 Å². The van der Waals surface area contributed by atoms with Crippen LogP contribution in [0.15, 0.2) is 22.1 Å². The van der Waals surface area contributed by atoms with Gasteiger partial charge in [0.25, 0.3) is 0 Å². The van der Waals surface area contributed by atoms with Gasteiger partial charge in [-0.3, -0.25) is 9.80 Å². The molecule has 0 aromatic heterocycles. The van der Waals surface area contributed by atoms with Crippen molar-refractivity contribution < 1.29 is 26.7 Å². The maximum Gasteiger partial charge on any atom is 0.177 e. The molecule has 0 bridgehead atoms. The number of aliphatic hydroxyl groups excluding tert-OH is 1. The van der Waals surface area contributed by atoms with E-state index in [1.807, 2.05) is 0 Å². The topological polar surface area (TPSA) is 133 Å². The molecule has 2 atom stereocenters. The summed E-state index contributed by atoms with van der Waals surface area (Å²) in [5.74, 6) is -2.04. The molecule has 1 heterocycles. The van der Waals surface area contributed by atoms with Gasteiger partial charge in [0.2, 0.25) is 0 Å². The molecule has 0 saturated carbocycles. The standard InChI is InChI=1S/C15H21N3O6S2/c1-16-13-11(8-25(3,21)22)9(5-6-12(13)26(4,23)24)14(19)10-7-17-18(2)15(10)20/h5-7,10,15-16,20H,8H2,1-4H3. The van der Waals surface area contributed by atoms with E-state index in [9.17, 15) is 26.7 Å². The van der Waals surface area contributed by atoms with Gasteiger partial charge in [-0.15, -0.1) is 0 Å². The average Bonchev–Trinajstić information content (AvgIpc) is 2.83. The van der Waals surface area contributed by atoms with Crippen LogP contribution in [0.25, 0.3) is 0 Å². The number of hydrazone groups is 1. The molecule has 1 aliphatic heterocycles. The van der Waals surface area contributed by atoms with Crippen LogP contribution in [0.5, 0.6) is 0 Å². The Morgan fingerprint density at radius 2 is 1.88 bits per heavy atom. The van der Waals surface area contributed by atoms with Crippen LogP contribution in [0, 0.1) is 5.92 Å². The van der Waals surface area contributed by atoms with Gasteiger partial charge in [0.1, 0.15) is 5.92 Å². The Morgan fingerprint density at radius 1 is 1.27 bits per heavy atom. The summed E-state index contributed by atoms with van der Waals surface area (Å²) in [6.07, 6.45) is 2.09. The van der Waals surface area contributed by atoms with Crippen molar-refractivity contribution in [2.45, 2.75) is 16.9 Å². The van der Waals surface area contributed by atoms with Crippen LogP contribution in [-0.2, 0) is 25.4 Å². The fraction of sp³-hybridized carbons (Fsp3) is 0.467. The van der Waals surface area contributed by atoms with Gasteiger partial charge in [0.15, 0.2) is 31.7 Å². The van der Waals surface area contributed by atoms with Crippen LogP contribution in [0.4, 0.5) is 5.69 Å². The zero-order chi connectivity index (χ0) is 19.9. The van der Waals surface area contributed by atoms with Gasteiger partial charge < -0.3 is 10.4 Å². The van der Waals surface area contributed by atoms with Gasteiger partial charge in [0, 0.05) is 43.9 Å². The third kappa shape index (κ3) is 4.05. The summed E-state index contributed by atoms with van der Waals surface area (Å²) in [5, 5.41) is 17.8. The van der Waals surface area contributed by atoms with Crippen LogP contribution >= 0.6 is 0 Å². The van der Waals surface area contributed by atoms with E-state index in [1.54, 1.807) is 0 Å². The van der Waals surface area contributed by atoms with Crippen LogP contribution in [0.3, 0.4) is 0 Å². The summed E-state index contributed by atoms with van der Waals surface area (Å²) in [6.45, 7) is 0. The number of carbonyl (C=O) groups is 1. The van der Waals surface area contributed by atoms with Crippen molar-refractivity contribution in [3.8, 4) is 0 Å². The van der Waals surface area contributed by atoms with E-state index in [0.29, 0.717) is 0 Å². The van der Waals surface area contributed by atoms with Crippen LogP contribution < -0.4 is 5.32 Å². The minimum absolute atomic E-state index is 0.0259. The first-order valence-corrected chi connectivity index (χ1v) is 11.5. The minimum Gasteiger partial charge on any atom is -0.387 e. The van der Waals surface area contributed by atoms with Crippen molar-refractivity contribution in [2.75, 3.05) is 31.9 Å². The van der Waals surface area contributed by atoms with Gasteiger partial charge in [-0.05, 0) is 12.1 Å². The largest absolute Gasteiger partial charge is 0.387 e. The van der Waals surface area contributed by atoms with Gasteiger partial charge in [0.05, 0.1) is 16.3 Å². The second-order valence-corrected chi connectivity index (χ2v) is 10.3. The summed E-state index contributed by atoms with van der Waals surface area (Å²) in [4.78, 5) is 12.8. The number of nitrogens with one attached hydrogen (secondary N) is 1. The van der Waals surface area contributed by atoms with Crippen molar-refractivity contribution >= 4 is 37.4 Å². The second-order valence-electron chi connectivity index (χ2n) is 6.20. The lowest BCUT2D eigenvalue weighted by molar-refractivity contribution is 0.0167. The number of nitrogens with zero attached hydrogens (tertiary/aromatic N) is 2. The van der Waals surface area contributed by atoms with E-state index in [1.165, 1.54) is 37.5 Å². The Balaban J connectivity index is 2.69. The number of sulfone groups is 2. The van der Waals surface area contributed by atoms with E-state index in [0.717, 1.165) is 12.5 Å². The van der Waals surface area contributed by atoms with E-state index >= 15 is 0 Å². The van der Waals surface area contributed by atoms with E-state index in [4.69, 9.17) is 0 Å². The number of anilines is 1. The molecule has 2 unspecified atom stereocenters. The average molecular weight is 403 g/mol. The second kappa shape index (κ2) is 6.97. The number of ketones is 1. The molecule has 1 aliphatic rings. The molecule has 2 N–H and O–H groups in total. The van der Waals surface area contributed by atoms with Crippen molar-refractivity contribution in [1.29, 1.82) is 0 Å². The zero-order valence-corrected chi connectivity index (χ0v) is 16.4. The SMILES string of the molecule is CNc1c(S(C)(=O)=O)ccc(C(=O)C2C=NN(C)C2O)c1CS(C)(=O)=O. The van der Waals surface area contributed by atoms with Crippen molar-refractivity contribution in [3.05, 3.63) is 23.3 Å². The molecule has 0 fully saturated rings. The first-order chi connectivity index (χ1) is 11.9. The van der Waals surface area contributed by atoms with Crippen molar-refractivity contribution in [1.82, 2.24) is 5.01 Å². The molecule has 1 aromatic rings. The Morgan fingerprint density at radius 3 is 2.31 bits per heavy atom. The lowest BCUT2D eigenvalue weighted by Gasteiger charge is -2.21. The van der Waals surface area contributed by atoms with Gasteiger partial charge >= 0.3 is 0 Å². The molecule has 0 amide bonds. The fourth-order valence-electron chi connectivity index (χ4n) is 2.79. The number of aliphatic hydroxyl groups is 1. The normalized spacial score (nSPS) is 20.4. The first kappa shape index (κ1) is 20.3. The molecular weight excluding hydrogens is 382 g/mol. The summed E-state index contributed by atoms with van der Waals surface area (Å²) >= 11 is 0. The van der Waals surface area contributed by atoms with Gasteiger partial charge in [-0.1, -0.05) is 0 Å². The zero-order valence-electron chi connectivity index (χ0n) is 14.8. The molecule has 144 valence electrons. The third-order valence-electron chi connectivity index (χ3n) is 4.01. The van der Waals surface area contributed by atoms with E-state index in [2.05, 4.69) is 10.4 Å². The number of carbonyl (C=O) groups excluding carboxylic acids is 1. The number of Topliss-reactive ketones (excluding diaryl/α,β-unsaturated/α-hetero) is 1.